The Morgan fingerprint density at radius 1 is 0.979 bits per heavy atom. The zero-order valence-corrected chi connectivity index (χ0v) is 29.1. The summed E-state index contributed by atoms with van der Waals surface area (Å²) in [6, 6.07) is 17.3. The number of carbonyl (C=O) groups excluding carboxylic acids is 1. The zero-order chi connectivity index (χ0) is 33.7. The van der Waals surface area contributed by atoms with E-state index >= 15 is 0 Å². The van der Waals surface area contributed by atoms with Gasteiger partial charge in [-0.2, -0.15) is 0 Å². The van der Waals surface area contributed by atoms with Crippen LogP contribution in [0.2, 0.25) is 0 Å². The van der Waals surface area contributed by atoms with Crippen molar-refractivity contribution < 1.29 is 18.8 Å². The lowest BCUT2D eigenvalue weighted by Crippen LogP contribution is -2.20. The van der Waals surface area contributed by atoms with Crippen molar-refractivity contribution in [1.29, 1.82) is 0 Å². The van der Waals surface area contributed by atoms with E-state index in [1.54, 1.807) is 24.7 Å². The Labute approximate surface area is 287 Å². The lowest BCUT2D eigenvalue weighted by molar-refractivity contribution is -0.112. The van der Waals surface area contributed by atoms with Crippen molar-refractivity contribution in [2.24, 2.45) is 0 Å². The van der Waals surface area contributed by atoms with Gasteiger partial charge >= 0.3 is 0 Å². The van der Waals surface area contributed by atoms with E-state index < -0.39 is 11.2 Å². The number of unbranched alkanes of at least 4 members (excludes halogenated alkanes) is 1. The number of amides is 1. The first kappa shape index (κ1) is 35.2. The second-order valence-corrected chi connectivity index (χ2v) is 13.5. The molecule has 3 heterocycles. The highest BCUT2D eigenvalue weighted by atomic mass is 32.2. The van der Waals surface area contributed by atoms with E-state index in [9.17, 15) is 9.35 Å². The van der Waals surface area contributed by atoms with Crippen molar-refractivity contribution in [2.45, 2.75) is 70.1 Å². The predicted molar refractivity (Wildman–Crippen MR) is 194 cm³/mol. The molecule has 2 aromatic heterocycles. The Morgan fingerprint density at radius 3 is 2.48 bits per heavy atom. The molecule has 2 aromatic carbocycles. The molecule has 1 aliphatic heterocycles. The minimum absolute atomic E-state index is 0.203. The third-order valence-electron chi connectivity index (χ3n) is 8.27. The summed E-state index contributed by atoms with van der Waals surface area (Å²) in [6.45, 7) is 10.7. The zero-order valence-electron chi connectivity index (χ0n) is 28.3. The highest BCUT2D eigenvalue weighted by molar-refractivity contribution is 7.90. The van der Waals surface area contributed by atoms with Gasteiger partial charge in [0, 0.05) is 54.8 Å². The minimum Gasteiger partial charge on any atom is -0.611 e. The number of aromatic nitrogens is 3. The van der Waals surface area contributed by atoms with Crippen LogP contribution in [0.1, 0.15) is 64.1 Å². The van der Waals surface area contributed by atoms with E-state index in [1.165, 1.54) is 0 Å². The first-order valence-electron chi connectivity index (χ1n) is 17.0. The Morgan fingerprint density at radius 2 is 1.75 bits per heavy atom. The van der Waals surface area contributed by atoms with E-state index in [0.717, 1.165) is 92.3 Å². The standard InChI is InChI=1S/C38H47N5O4S/c1-4-6-20-46-21-22-47-35-13-9-30(10-14-35)32-24-31(37(40-25-32)42-18-7-8-19-42)23-29(3)38(44)41-33-11-15-36(16-12-33)48(45)27-34-26-39-28-43(34)17-5-2/h9-16,23-26,28H,4-8,17-22,27H2,1-3H3,(H,41,44). The highest BCUT2D eigenvalue weighted by Crippen LogP contribution is 2.30. The average molecular weight is 670 g/mol. The number of hydrogen-bond acceptors (Lipinski definition) is 7. The molecule has 0 aliphatic carbocycles. The molecule has 9 nitrogen and oxygen atoms in total. The highest BCUT2D eigenvalue weighted by Gasteiger charge is 2.19. The normalized spacial score (nSPS) is 13.9. The lowest BCUT2D eigenvalue weighted by Gasteiger charge is -2.20. The molecule has 1 saturated heterocycles. The summed E-state index contributed by atoms with van der Waals surface area (Å²) in [5.41, 5.74) is 5.05. The van der Waals surface area contributed by atoms with Gasteiger partial charge in [-0.1, -0.05) is 32.4 Å². The van der Waals surface area contributed by atoms with Gasteiger partial charge in [-0.25, -0.2) is 9.97 Å². The number of carbonyl (C=O) groups is 1. The lowest BCUT2D eigenvalue weighted by atomic mass is 10.0. The summed E-state index contributed by atoms with van der Waals surface area (Å²) in [5.74, 6) is 1.88. The molecular formula is C38H47N5O4S. The smallest absolute Gasteiger partial charge is 0.251 e. The molecule has 4 aromatic rings. The van der Waals surface area contributed by atoms with Crippen LogP contribution in [0.4, 0.5) is 11.5 Å². The van der Waals surface area contributed by atoms with Gasteiger partial charge < -0.3 is 28.8 Å². The van der Waals surface area contributed by atoms with Crippen LogP contribution in [0, 0.1) is 0 Å². The van der Waals surface area contributed by atoms with Gasteiger partial charge in [0.2, 0.25) is 0 Å². The van der Waals surface area contributed by atoms with E-state index in [1.807, 2.05) is 60.2 Å². The van der Waals surface area contributed by atoms with Gasteiger partial charge in [-0.3, -0.25) is 4.79 Å². The monoisotopic (exact) mass is 669 g/mol. The molecule has 0 bridgehead atoms. The molecule has 254 valence electrons. The minimum atomic E-state index is -1.22. The number of benzene rings is 2. The Kier molecular flexibility index (Phi) is 13.1. The molecule has 5 rings (SSSR count). The topological polar surface area (TPSA) is 105 Å². The number of pyridine rings is 1. The fourth-order valence-electron chi connectivity index (χ4n) is 5.59. The van der Waals surface area contributed by atoms with E-state index in [-0.39, 0.29) is 5.91 Å². The SMILES string of the molecule is CCCCOCCOc1ccc(-c2cnc(N3CCCC3)c(C=C(C)C(=O)Nc3ccc([S+]([O-])Cc4cncn4CCC)cc3)c2)cc1. The van der Waals surface area contributed by atoms with E-state index in [0.29, 0.717) is 35.1 Å². The van der Waals surface area contributed by atoms with E-state index in [4.69, 9.17) is 14.5 Å². The summed E-state index contributed by atoms with van der Waals surface area (Å²) in [6.07, 6.45) is 12.8. The molecule has 1 aliphatic rings. The van der Waals surface area contributed by atoms with Crippen LogP contribution in [-0.4, -0.2) is 57.9 Å². The summed E-state index contributed by atoms with van der Waals surface area (Å²) in [7, 11) is 0. The predicted octanol–water partition coefficient (Wildman–Crippen LogP) is 7.50. The Hall–Kier alpha value is -4.12. The third kappa shape index (κ3) is 9.71. The molecule has 0 spiro atoms. The second-order valence-electron chi connectivity index (χ2n) is 12.0. The third-order valence-corrected chi connectivity index (χ3v) is 9.63. The number of ether oxygens (including phenoxy) is 2. The van der Waals surface area contributed by atoms with Crippen LogP contribution >= 0.6 is 0 Å². The Balaban J connectivity index is 1.25. The van der Waals surface area contributed by atoms with Crippen molar-refractivity contribution in [3.8, 4) is 16.9 Å². The molecule has 1 amide bonds. The molecule has 10 heteroatoms. The Bertz CT molecular complexity index is 1630. The van der Waals surface area contributed by atoms with Crippen LogP contribution in [0.3, 0.4) is 0 Å². The first-order valence-corrected chi connectivity index (χ1v) is 18.3. The molecule has 1 N–H and O–H groups in total. The molecular weight excluding hydrogens is 623 g/mol. The number of nitrogens with one attached hydrogen (secondary N) is 1. The summed E-state index contributed by atoms with van der Waals surface area (Å²) in [5, 5.41) is 2.99. The molecule has 1 unspecified atom stereocenters. The molecule has 0 radical (unpaired) electrons. The van der Waals surface area contributed by atoms with Gasteiger partial charge in [0.25, 0.3) is 5.91 Å². The van der Waals surface area contributed by atoms with Crippen LogP contribution in [0.5, 0.6) is 5.75 Å². The molecule has 1 atom stereocenters. The van der Waals surface area contributed by atoms with Gasteiger partial charge in [-0.15, -0.1) is 0 Å². The second kappa shape index (κ2) is 17.9. The number of rotatable bonds is 17. The van der Waals surface area contributed by atoms with Crippen LogP contribution in [0.15, 0.2) is 83.8 Å². The van der Waals surface area contributed by atoms with Crippen LogP contribution in [0.25, 0.3) is 17.2 Å². The number of imidazole rings is 1. The van der Waals surface area contributed by atoms with Gasteiger partial charge in [-0.05, 0) is 97.9 Å². The summed E-state index contributed by atoms with van der Waals surface area (Å²) in [4.78, 5) is 25.4. The van der Waals surface area contributed by atoms with Gasteiger partial charge in [0.05, 0.1) is 24.8 Å². The van der Waals surface area contributed by atoms with Crippen LogP contribution < -0.4 is 15.0 Å². The summed E-state index contributed by atoms with van der Waals surface area (Å²) < 4.78 is 26.5. The van der Waals surface area contributed by atoms with Crippen molar-refractivity contribution in [2.75, 3.05) is 43.1 Å². The van der Waals surface area contributed by atoms with Crippen molar-refractivity contribution in [3.05, 3.63) is 90.1 Å². The number of nitrogens with zero attached hydrogens (tertiary/aromatic N) is 4. The van der Waals surface area contributed by atoms with Crippen molar-refractivity contribution in [1.82, 2.24) is 14.5 Å². The number of anilines is 2. The maximum absolute atomic E-state index is 13.3. The van der Waals surface area contributed by atoms with Crippen molar-refractivity contribution >= 4 is 34.7 Å². The molecule has 1 fully saturated rings. The number of aryl methyl sites for hydroxylation is 1. The van der Waals surface area contributed by atoms with Crippen molar-refractivity contribution in [3.63, 3.8) is 0 Å². The fourth-order valence-corrected chi connectivity index (χ4v) is 6.70. The van der Waals surface area contributed by atoms with E-state index in [2.05, 4.69) is 35.1 Å². The molecule has 0 saturated carbocycles. The fraction of sp³-hybridized carbons (Fsp3) is 0.395. The maximum atomic E-state index is 13.3. The van der Waals surface area contributed by atoms with Gasteiger partial charge in [0.15, 0.2) is 10.6 Å². The van der Waals surface area contributed by atoms with Gasteiger partial charge in [0.1, 0.15) is 18.2 Å². The first-order chi connectivity index (χ1) is 23.4. The number of hydrogen-bond donors (Lipinski definition) is 1. The largest absolute Gasteiger partial charge is 0.611 e. The maximum Gasteiger partial charge on any atom is 0.251 e. The molecule has 48 heavy (non-hydrogen) atoms. The van der Waals surface area contributed by atoms with Crippen LogP contribution in [-0.2, 0) is 33.0 Å². The quantitative estimate of drug-likeness (QED) is 0.0705. The summed E-state index contributed by atoms with van der Waals surface area (Å²) >= 11 is -1.22. The average Bonchev–Trinajstić information content (AvgIpc) is 3.80.